The summed E-state index contributed by atoms with van der Waals surface area (Å²) in [6.07, 6.45) is 0. The predicted octanol–water partition coefficient (Wildman–Crippen LogP) is 0.258. The van der Waals surface area contributed by atoms with Crippen LogP contribution in [0, 0.1) is 0 Å². The van der Waals surface area contributed by atoms with E-state index in [0.29, 0.717) is 5.57 Å². The topological polar surface area (TPSA) is 17.1 Å². The summed E-state index contributed by atoms with van der Waals surface area (Å²) < 4.78 is 0. The van der Waals surface area contributed by atoms with Gasteiger partial charge >= 0.3 is 0 Å². The molecule has 0 amide bonds. The molecule has 0 aromatic heterocycles. The van der Waals surface area contributed by atoms with Gasteiger partial charge in [0, 0.05) is 0 Å². The fraction of sp³-hybridized carbons (Fsp3) is 0.250. The van der Waals surface area contributed by atoms with Crippen molar-refractivity contribution in [1.29, 1.82) is 0 Å². The molecule has 3 radical (unpaired) electrons. The first kappa shape index (κ1) is 5.63. The molecule has 0 saturated carbocycles. The van der Waals surface area contributed by atoms with Crippen LogP contribution in [0.5, 0.6) is 0 Å². The minimum absolute atomic E-state index is 0.130. The summed E-state index contributed by atoms with van der Waals surface area (Å²) in [4.78, 5) is 9.96. The van der Waals surface area contributed by atoms with Gasteiger partial charge < -0.3 is 4.79 Å². The molecule has 6 heavy (non-hydrogen) atoms. The molecule has 0 aliphatic carbocycles. The molecule has 0 fully saturated rings. The Morgan fingerprint density at radius 2 is 2.00 bits per heavy atom. The normalized spacial score (nSPS) is 7.67. The quantitative estimate of drug-likeness (QED) is 0.339. The number of carbonyl (C=O) groups excluding carboxylic acids is 1. The Morgan fingerprint density at radius 1 is 1.83 bits per heavy atom. The lowest BCUT2D eigenvalue weighted by Gasteiger charge is -1.80. The third-order valence-electron chi connectivity index (χ3n) is 0.388. The Morgan fingerprint density at radius 3 is 2.00 bits per heavy atom. The van der Waals surface area contributed by atoms with Crippen molar-refractivity contribution in [3.05, 3.63) is 12.2 Å². The number of allylic oxidation sites excluding steroid dienone is 1. The second-order valence-corrected chi connectivity index (χ2v) is 1.56. The second kappa shape index (κ2) is 1.92. The van der Waals surface area contributed by atoms with Crippen molar-refractivity contribution in [1.82, 2.24) is 0 Å². The number of carbonyl (C=O) groups is 1. The minimum atomic E-state index is -0.130. The van der Waals surface area contributed by atoms with E-state index in [-0.39, 0.29) is 5.41 Å². The number of rotatable bonds is 1. The van der Waals surface area contributed by atoms with Crippen LogP contribution < -0.4 is 0 Å². The molecule has 0 unspecified atom stereocenters. The van der Waals surface area contributed by atoms with Gasteiger partial charge in [0.1, 0.15) is 15.6 Å². The lowest BCUT2D eigenvalue weighted by atomic mass is 10.4. The van der Waals surface area contributed by atoms with E-state index in [9.17, 15) is 4.79 Å². The number of hydrogen-bond donors (Lipinski definition) is 0. The highest BCUT2D eigenvalue weighted by atomic mass is 28.1. The van der Waals surface area contributed by atoms with Gasteiger partial charge in [-0.15, -0.1) is 0 Å². The van der Waals surface area contributed by atoms with Crippen LogP contribution in [0.15, 0.2) is 12.2 Å². The van der Waals surface area contributed by atoms with Gasteiger partial charge in [0.15, 0.2) is 0 Å². The Kier molecular flexibility index (Phi) is 1.80. The molecule has 0 spiro atoms. The largest absolute Gasteiger partial charge is 0.301 e. The van der Waals surface area contributed by atoms with E-state index in [1.54, 1.807) is 6.92 Å². The van der Waals surface area contributed by atoms with Crippen molar-refractivity contribution in [3.8, 4) is 0 Å². The SMILES string of the molecule is C=C(C)C(=O)[Si]. The molecule has 0 bridgehead atoms. The molecule has 0 rings (SSSR count). The van der Waals surface area contributed by atoms with E-state index in [2.05, 4.69) is 16.8 Å². The van der Waals surface area contributed by atoms with Gasteiger partial charge in [0.05, 0.1) is 0 Å². The molecule has 0 aliphatic heterocycles. The van der Waals surface area contributed by atoms with Crippen LogP contribution >= 0.6 is 0 Å². The summed E-state index contributed by atoms with van der Waals surface area (Å²) in [6, 6.07) is 0. The van der Waals surface area contributed by atoms with Crippen LogP contribution in [0.1, 0.15) is 6.92 Å². The van der Waals surface area contributed by atoms with Crippen molar-refractivity contribution < 1.29 is 4.79 Å². The van der Waals surface area contributed by atoms with Gasteiger partial charge in [0.2, 0.25) is 0 Å². The van der Waals surface area contributed by atoms with Crippen molar-refractivity contribution in [2.75, 3.05) is 0 Å². The first-order chi connectivity index (χ1) is 2.64. The van der Waals surface area contributed by atoms with Crippen LogP contribution in [0.25, 0.3) is 0 Å². The zero-order chi connectivity index (χ0) is 5.15. The van der Waals surface area contributed by atoms with E-state index >= 15 is 0 Å². The van der Waals surface area contributed by atoms with Crippen LogP contribution in [0.3, 0.4) is 0 Å². The Balaban J connectivity index is 3.57. The Labute approximate surface area is 40.5 Å². The van der Waals surface area contributed by atoms with Gasteiger partial charge in [0.25, 0.3) is 0 Å². The summed E-state index contributed by atoms with van der Waals surface area (Å²) in [5.41, 5.74) is 0.534. The molecular formula is C4H5OSi. The van der Waals surface area contributed by atoms with Crippen molar-refractivity contribution in [3.63, 3.8) is 0 Å². The molecule has 0 saturated heterocycles. The van der Waals surface area contributed by atoms with Crippen molar-refractivity contribution >= 4 is 15.6 Å². The van der Waals surface area contributed by atoms with Crippen LogP contribution in [0.4, 0.5) is 0 Å². The Hall–Kier alpha value is -0.373. The van der Waals surface area contributed by atoms with Gasteiger partial charge in [-0.1, -0.05) is 6.58 Å². The van der Waals surface area contributed by atoms with E-state index in [1.807, 2.05) is 0 Å². The molecule has 0 aromatic carbocycles. The summed E-state index contributed by atoms with van der Waals surface area (Å²) in [6.45, 7) is 5.00. The van der Waals surface area contributed by atoms with Crippen LogP contribution in [0.2, 0.25) is 0 Å². The van der Waals surface area contributed by atoms with E-state index in [1.165, 1.54) is 0 Å². The van der Waals surface area contributed by atoms with E-state index in [4.69, 9.17) is 0 Å². The molecule has 0 N–H and O–H groups in total. The fourth-order valence-electron chi connectivity index (χ4n) is 0. The first-order valence-electron chi connectivity index (χ1n) is 1.56. The molecule has 0 atom stereocenters. The van der Waals surface area contributed by atoms with Gasteiger partial charge in [-0.25, -0.2) is 0 Å². The second-order valence-electron chi connectivity index (χ2n) is 1.11. The van der Waals surface area contributed by atoms with Gasteiger partial charge in [-0.05, 0) is 12.5 Å². The maximum Gasteiger partial charge on any atom is 0.133 e. The lowest BCUT2D eigenvalue weighted by Crippen LogP contribution is -1.93. The first-order valence-corrected chi connectivity index (χ1v) is 2.06. The molecule has 0 heterocycles. The molecular weight excluding hydrogens is 92.1 g/mol. The maximum absolute atomic E-state index is 9.96. The van der Waals surface area contributed by atoms with Crippen LogP contribution in [-0.4, -0.2) is 15.6 Å². The summed E-state index contributed by atoms with van der Waals surface area (Å²) in [5, 5.41) is -0.130. The molecule has 31 valence electrons. The molecule has 2 heteroatoms. The predicted molar refractivity (Wildman–Crippen MR) is 25.6 cm³/mol. The van der Waals surface area contributed by atoms with E-state index in [0.717, 1.165) is 0 Å². The average molecular weight is 97.2 g/mol. The fourth-order valence-corrected chi connectivity index (χ4v) is 0. The Bertz CT molecular complexity index is 73.5. The summed E-state index contributed by atoms with van der Waals surface area (Å²) >= 11 is 0. The average Bonchev–Trinajstić information content (AvgIpc) is 1.36. The molecule has 0 aliphatic rings. The molecule has 0 aromatic rings. The number of hydrogen-bond acceptors (Lipinski definition) is 1. The van der Waals surface area contributed by atoms with Crippen LogP contribution in [-0.2, 0) is 4.79 Å². The third kappa shape index (κ3) is 1.90. The highest BCUT2D eigenvalue weighted by molar-refractivity contribution is 6.62. The van der Waals surface area contributed by atoms with E-state index < -0.39 is 0 Å². The van der Waals surface area contributed by atoms with Gasteiger partial charge in [-0.3, -0.25) is 0 Å². The zero-order valence-electron chi connectivity index (χ0n) is 3.62. The monoisotopic (exact) mass is 97.0 g/mol. The maximum atomic E-state index is 9.96. The third-order valence-corrected chi connectivity index (χ3v) is 0.814. The van der Waals surface area contributed by atoms with Gasteiger partial charge in [-0.2, -0.15) is 0 Å². The minimum Gasteiger partial charge on any atom is -0.301 e. The zero-order valence-corrected chi connectivity index (χ0v) is 4.62. The highest BCUT2D eigenvalue weighted by Gasteiger charge is 1.86. The van der Waals surface area contributed by atoms with Crippen molar-refractivity contribution in [2.24, 2.45) is 0 Å². The summed E-state index contributed by atoms with van der Waals surface area (Å²) in [5.74, 6) is 0. The standard InChI is InChI=1S/C4H5OSi/c1-3(2)4(5)6/h1H2,2H3. The molecule has 1 nitrogen and oxygen atoms in total. The highest BCUT2D eigenvalue weighted by Crippen LogP contribution is 1.80. The smallest absolute Gasteiger partial charge is 0.133 e. The van der Waals surface area contributed by atoms with Crippen molar-refractivity contribution in [2.45, 2.75) is 6.92 Å². The summed E-state index contributed by atoms with van der Waals surface area (Å²) in [7, 11) is 2.74. The lowest BCUT2D eigenvalue weighted by molar-refractivity contribution is -0.108.